The molecule has 0 saturated heterocycles. The number of thioether (sulfide) groups is 1. The van der Waals surface area contributed by atoms with Crippen LogP contribution in [0.2, 0.25) is 0 Å². The van der Waals surface area contributed by atoms with Crippen molar-refractivity contribution in [3.05, 3.63) is 95.6 Å². The second kappa shape index (κ2) is 10.6. The Labute approximate surface area is 183 Å². The van der Waals surface area contributed by atoms with Crippen LogP contribution in [0.1, 0.15) is 16.7 Å². The number of rotatable bonds is 6. The monoisotopic (exact) mass is 417 g/mol. The highest BCUT2D eigenvalue weighted by Crippen LogP contribution is 2.21. The van der Waals surface area contributed by atoms with E-state index in [0.29, 0.717) is 5.75 Å². The van der Waals surface area contributed by atoms with Crippen LogP contribution in [-0.2, 0) is 11.3 Å². The third-order valence-corrected chi connectivity index (χ3v) is 5.72. The number of amides is 1. The van der Waals surface area contributed by atoms with Gasteiger partial charge in [-0.15, -0.1) is 0 Å². The maximum Gasteiger partial charge on any atom is 0.234 e. The minimum Gasteiger partial charge on any atom is -0.350 e. The highest BCUT2D eigenvalue weighted by atomic mass is 32.2. The molecule has 0 aliphatic carbocycles. The van der Waals surface area contributed by atoms with E-state index in [2.05, 4.69) is 22.3 Å². The Morgan fingerprint density at radius 1 is 0.900 bits per heavy atom. The number of carbonyl (C=O) groups excluding carboxylic acids is 1. The van der Waals surface area contributed by atoms with Gasteiger partial charge in [-0.3, -0.25) is 4.79 Å². The molecule has 3 aromatic carbocycles. The third-order valence-electron chi connectivity index (χ3n) is 4.65. The molecular weight excluding hydrogens is 390 g/mol. The summed E-state index contributed by atoms with van der Waals surface area (Å²) in [5.41, 5.74) is 5.08. The van der Waals surface area contributed by atoms with Crippen LogP contribution >= 0.6 is 11.8 Å². The molecule has 0 aliphatic rings. The third kappa shape index (κ3) is 6.22. The molecule has 0 heterocycles. The van der Waals surface area contributed by atoms with Crippen LogP contribution in [0.15, 0.2) is 83.9 Å². The van der Waals surface area contributed by atoms with E-state index >= 15 is 0 Å². The Hall–Kier alpha value is -3.05. The zero-order valence-corrected chi connectivity index (χ0v) is 18.4. The largest absolute Gasteiger partial charge is 0.350 e. The molecule has 5 heteroatoms. The van der Waals surface area contributed by atoms with Crippen molar-refractivity contribution < 1.29 is 4.79 Å². The molecular formula is C25H27N3OS. The van der Waals surface area contributed by atoms with Gasteiger partial charge in [-0.05, 0) is 42.7 Å². The van der Waals surface area contributed by atoms with Gasteiger partial charge in [0.15, 0.2) is 5.17 Å². The molecule has 3 rings (SSSR count). The molecule has 3 aromatic rings. The van der Waals surface area contributed by atoms with Crippen molar-refractivity contribution in [3.63, 3.8) is 0 Å². The standard InChI is InChI=1S/C25H27N3OS/c1-19-11-10-12-20(2)24(19)27-23(29)18-30-25(26-22-15-8-5-9-16-22)28(3)17-21-13-6-4-7-14-21/h4-16H,17-18H2,1-3H3,(H,27,29). The Morgan fingerprint density at radius 2 is 1.50 bits per heavy atom. The van der Waals surface area contributed by atoms with E-state index in [1.807, 2.05) is 87.6 Å². The van der Waals surface area contributed by atoms with Gasteiger partial charge >= 0.3 is 0 Å². The molecule has 0 bridgehead atoms. The molecule has 0 aromatic heterocycles. The van der Waals surface area contributed by atoms with E-state index < -0.39 is 0 Å². The van der Waals surface area contributed by atoms with Gasteiger partial charge in [0.05, 0.1) is 11.4 Å². The number of hydrogen-bond donors (Lipinski definition) is 1. The molecule has 4 nitrogen and oxygen atoms in total. The van der Waals surface area contributed by atoms with Gasteiger partial charge in [-0.25, -0.2) is 4.99 Å². The van der Waals surface area contributed by atoms with E-state index in [-0.39, 0.29) is 5.91 Å². The Kier molecular flexibility index (Phi) is 7.69. The lowest BCUT2D eigenvalue weighted by Gasteiger charge is -2.21. The molecule has 0 aliphatic heterocycles. The summed E-state index contributed by atoms with van der Waals surface area (Å²) in [6.45, 7) is 4.73. The molecule has 0 unspecified atom stereocenters. The number of nitrogens with one attached hydrogen (secondary N) is 1. The number of benzene rings is 3. The summed E-state index contributed by atoms with van der Waals surface area (Å²) < 4.78 is 0. The fraction of sp³-hybridized carbons (Fsp3) is 0.200. The van der Waals surface area contributed by atoms with E-state index in [1.165, 1.54) is 17.3 Å². The van der Waals surface area contributed by atoms with Crippen LogP contribution in [0, 0.1) is 13.8 Å². The molecule has 30 heavy (non-hydrogen) atoms. The van der Waals surface area contributed by atoms with Crippen molar-refractivity contribution in [2.24, 2.45) is 4.99 Å². The molecule has 0 spiro atoms. The zero-order chi connectivity index (χ0) is 21.3. The number of hydrogen-bond acceptors (Lipinski definition) is 3. The van der Waals surface area contributed by atoms with E-state index in [4.69, 9.17) is 4.99 Å². The summed E-state index contributed by atoms with van der Waals surface area (Å²) in [7, 11) is 2.01. The first-order valence-corrected chi connectivity index (χ1v) is 10.9. The van der Waals surface area contributed by atoms with Crippen LogP contribution in [0.4, 0.5) is 11.4 Å². The lowest BCUT2D eigenvalue weighted by atomic mass is 10.1. The summed E-state index contributed by atoms with van der Waals surface area (Å²) in [6, 6.07) is 26.1. The quantitative estimate of drug-likeness (QED) is 0.407. The summed E-state index contributed by atoms with van der Waals surface area (Å²) in [6.07, 6.45) is 0. The fourth-order valence-electron chi connectivity index (χ4n) is 3.08. The Morgan fingerprint density at radius 3 is 2.13 bits per heavy atom. The first kappa shape index (κ1) is 21.7. The maximum absolute atomic E-state index is 12.6. The van der Waals surface area contributed by atoms with E-state index in [0.717, 1.165) is 34.2 Å². The number of carbonyl (C=O) groups is 1. The maximum atomic E-state index is 12.6. The highest BCUT2D eigenvalue weighted by molar-refractivity contribution is 8.14. The summed E-state index contributed by atoms with van der Waals surface area (Å²) in [5.74, 6) is 0.254. The van der Waals surface area contributed by atoms with Gasteiger partial charge < -0.3 is 10.2 Å². The molecule has 154 valence electrons. The minimum atomic E-state index is -0.0359. The van der Waals surface area contributed by atoms with Crippen molar-refractivity contribution in [1.29, 1.82) is 0 Å². The van der Waals surface area contributed by atoms with Crippen molar-refractivity contribution >= 4 is 34.2 Å². The van der Waals surface area contributed by atoms with Crippen LogP contribution in [0.3, 0.4) is 0 Å². The van der Waals surface area contributed by atoms with Crippen LogP contribution in [-0.4, -0.2) is 28.8 Å². The van der Waals surface area contributed by atoms with Crippen LogP contribution < -0.4 is 5.32 Å². The summed E-state index contributed by atoms with van der Waals surface area (Å²) in [4.78, 5) is 19.5. The highest BCUT2D eigenvalue weighted by Gasteiger charge is 2.13. The Bertz CT molecular complexity index is 983. The van der Waals surface area contributed by atoms with Crippen molar-refractivity contribution in [2.75, 3.05) is 18.1 Å². The van der Waals surface area contributed by atoms with Crippen LogP contribution in [0.25, 0.3) is 0 Å². The van der Waals surface area contributed by atoms with Gasteiger partial charge in [0.1, 0.15) is 0 Å². The summed E-state index contributed by atoms with van der Waals surface area (Å²) in [5, 5.41) is 3.86. The molecule has 0 radical (unpaired) electrons. The molecule has 1 amide bonds. The number of nitrogens with zero attached hydrogens (tertiary/aromatic N) is 2. The van der Waals surface area contributed by atoms with Crippen molar-refractivity contribution in [3.8, 4) is 0 Å². The number of para-hydroxylation sites is 2. The van der Waals surface area contributed by atoms with Gasteiger partial charge in [-0.2, -0.15) is 0 Å². The van der Waals surface area contributed by atoms with Gasteiger partial charge in [0.2, 0.25) is 5.91 Å². The lowest BCUT2D eigenvalue weighted by Crippen LogP contribution is -2.26. The second-order valence-corrected chi connectivity index (χ2v) is 8.12. The smallest absolute Gasteiger partial charge is 0.234 e. The number of amidine groups is 1. The first-order valence-electron chi connectivity index (χ1n) is 9.90. The van der Waals surface area contributed by atoms with E-state index in [1.54, 1.807) is 0 Å². The zero-order valence-electron chi connectivity index (χ0n) is 17.6. The molecule has 0 saturated carbocycles. The average molecular weight is 418 g/mol. The number of anilines is 1. The summed E-state index contributed by atoms with van der Waals surface area (Å²) >= 11 is 1.45. The molecule has 0 fully saturated rings. The average Bonchev–Trinajstić information content (AvgIpc) is 2.75. The van der Waals surface area contributed by atoms with Crippen molar-refractivity contribution in [1.82, 2.24) is 4.90 Å². The van der Waals surface area contributed by atoms with Gasteiger partial charge in [0, 0.05) is 19.3 Å². The van der Waals surface area contributed by atoms with Gasteiger partial charge in [-0.1, -0.05) is 78.5 Å². The lowest BCUT2D eigenvalue weighted by molar-refractivity contribution is -0.113. The normalized spacial score (nSPS) is 11.2. The van der Waals surface area contributed by atoms with Gasteiger partial charge in [0.25, 0.3) is 0 Å². The van der Waals surface area contributed by atoms with Crippen molar-refractivity contribution in [2.45, 2.75) is 20.4 Å². The SMILES string of the molecule is Cc1cccc(C)c1NC(=O)CSC(=Nc1ccccc1)N(C)Cc1ccccc1. The van der Waals surface area contributed by atoms with E-state index in [9.17, 15) is 4.79 Å². The predicted octanol–water partition coefficient (Wildman–Crippen LogP) is 5.79. The topological polar surface area (TPSA) is 44.7 Å². The Balaban J connectivity index is 1.72. The molecule has 0 atom stereocenters. The minimum absolute atomic E-state index is 0.0359. The number of aryl methyl sites for hydroxylation is 2. The molecule has 1 N–H and O–H groups in total. The first-order chi connectivity index (χ1) is 14.5. The predicted molar refractivity (Wildman–Crippen MR) is 128 cm³/mol. The van der Waals surface area contributed by atoms with Crippen LogP contribution in [0.5, 0.6) is 0 Å². The number of aliphatic imine (C=N–C) groups is 1. The second-order valence-electron chi connectivity index (χ2n) is 7.18. The fourth-order valence-corrected chi connectivity index (χ4v) is 3.87.